The number of nitro benzene ring substituents is 1. The van der Waals surface area contributed by atoms with Crippen molar-refractivity contribution in [1.29, 1.82) is 0 Å². The number of aryl methyl sites for hydroxylation is 1. The minimum atomic E-state index is -0.954. The third kappa shape index (κ3) is 3.49. The Bertz CT molecular complexity index is 1250. The van der Waals surface area contributed by atoms with Gasteiger partial charge in [-0.25, -0.2) is 4.39 Å². The molecular weight excluding hydrogens is 423 g/mol. The van der Waals surface area contributed by atoms with Crippen molar-refractivity contribution in [3.05, 3.63) is 97.5 Å². The summed E-state index contributed by atoms with van der Waals surface area (Å²) in [7, 11) is 0. The van der Waals surface area contributed by atoms with Crippen molar-refractivity contribution in [2.75, 3.05) is 4.90 Å². The largest absolute Gasteiger partial charge is 0.507 e. The normalized spacial score (nSPS) is 17.9. The summed E-state index contributed by atoms with van der Waals surface area (Å²) >= 11 is 1.30. The number of carbonyl (C=O) groups is 2. The average molecular weight is 438 g/mol. The van der Waals surface area contributed by atoms with Crippen molar-refractivity contribution in [2.45, 2.75) is 13.0 Å². The van der Waals surface area contributed by atoms with Crippen LogP contribution in [0.4, 0.5) is 15.8 Å². The first kappa shape index (κ1) is 20.4. The number of ketones is 1. The number of anilines is 1. The molecule has 0 bridgehead atoms. The van der Waals surface area contributed by atoms with Crippen LogP contribution in [0.5, 0.6) is 0 Å². The van der Waals surface area contributed by atoms with Crippen molar-refractivity contribution in [1.82, 2.24) is 0 Å². The van der Waals surface area contributed by atoms with E-state index in [4.69, 9.17) is 0 Å². The highest BCUT2D eigenvalue weighted by molar-refractivity contribution is 7.10. The molecule has 1 amide bonds. The Hall–Kier alpha value is -3.85. The fourth-order valence-corrected chi connectivity index (χ4v) is 4.56. The van der Waals surface area contributed by atoms with Crippen molar-refractivity contribution >= 4 is 40.2 Å². The monoisotopic (exact) mass is 438 g/mol. The summed E-state index contributed by atoms with van der Waals surface area (Å²) in [6, 6.07) is 11.2. The van der Waals surface area contributed by atoms with E-state index in [9.17, 15) is 29.2 Å². The van der Waals surface area contributed by atoms with E-state index in [1.165, 1.54) is 58.7 Å². The molecule has 2 heterocycles. The minimum absolute atomic E-state index is 0.0468. The molecule has 1 aromatic heterocycles. The Morgan fingerprint density at radius 2 is 1.87 bits per heavy atom. The highest BCUT2D eigenvalue weighted by Crippen LogP contribution is 2.44. The molecule has 1 unspecified atom stereocenters. The molecule has 0 aliphatic carbocycles. The molecule has 1 atom stereocenters. The zero-order valence-corrected chi connectivity index (χ0v) is 16.9. The van der Waals surface area contributed by atoms with Gasteiger partial charge in [0.05, 0.1) is 10.5 Å². The van der Waals surface area contributed by atoms with Gasteiger partial charge in [-0.2, -0.15) is 0 Å². The minimum Gasteiger partial charge on any atom is -0.507 e. The molecule has 0 spiro atoms. The van der Waals surface area contributed by atoms with E-state index in [0.717, 1.165) is 11.6 Å². The average Bonchev–Trinajstić information content (AvgIpc) is 3.29. The topological polar surface area (TPSA) is 101 Å². The summed E-state index contributed by atoms with van der Waals surface area (Å²) < 4.78 is 13.4. The molecule has 4 rings (SSSR count). The Labute approximate surface area is 179 Å². The summed E-state index contributed by atoms with van der Waals surface area (Å²) in [5.41, 5.74) is 0.694. The van der Waals surface area contributed by atoms with E-state index in [1.807, 2.05) is 13.0 Å². The van der Waals surface area contributed by atoms with Crippen LogP contribution in [0.1, 0.15) is 22.0 Å². The van der Waals surface area contributed by atoms with E-state index in [1.54, 1.807) is 5.38 Å². The highest BCUT2D eigenvalue weighted by atomic mass is 32.1. The fraction of sp³-hybridized carbons (Fsp3) is 0.0909. The molecule has 1 N–H and O–H groups in total. The number of aliphatic hydroxyl groups excluding tert-OH is 1. The summed E-state index contributed by atoms with van der Waals surface area (Å²) in [5.74, 6) is -2.81. The van der Waals surface area contributed by atoms with Gasteiger partial charge in [0.1, 0.15) is 17.6 Å². The standard InChI is InChI=1S/C22H15FN2O5S/c1-12-9-10-31-21(12)18-17(19(26)13-3-2-4-16(11-13)25(29)30)20(27)22(28)24(18)15-7-5-14(23)6-8-15/h2-11,18,26H,1H3/b19-17-. The summed E-state index contributed by atoms with van der Waals surface area (Å²) in [6.45, 7) is 1.81. The third-order valence-corrected chi connectivity index (χ3v) is 6.10. The number of carbonyl (C=O) groups excluding carboxylic acids is 2. The fourth-order valence-electron chi connectivity index (χ4n) is 3.54. The van der Waals surface area contributed by atoms with Crippen LogP contribution in [0.25, 0.3) is 5.76 Å². The second kappa shape index (κ2) is 7.77. The van der Waals surface area contributed by atoms with Crippen molar-refractivity contribution in [2.24, 2.45) is 0 Å². The zero-order chi connectivity index (χ0) is 22.3. The molecule has 0 saturated carbocycles. The van der Waals surface area contributed by atoms with Gasteiger partial charge in [0, 0.05) is 28.3 Å². The number of hydrogen-bond acceptors (Lipinski definition) is 6. The number of Topliss-reactive ketones (excluding diaryl/α,β-unsaturated/α-hetero) is 1. The predicted octanol–water partition coefficient (Wildman–Crippen LogP) is 4.73. The number of benzene rings is 2. The van der Waals surface area contributed by atoms with Crippen LogP contribution >= 0.6 is 11.3 Å². The lowest BCUT2D eigenvalue weighted by Gasteiger charge is -2.25. The van der Waals surface area contributed by atoms with Gasteiger partial charge < -0.3 is 5.11 Å². The van der Waals surface area contributed by atoms with Gasteiger partial charge in [-0.1, -0.05) is 12.1 Å². The molecular formula is C22H15FN2O5S. The molecule has 1 fully saturated rings. The van der Waals surface area contributed by atoms with Crippen LogP contribution in [-0.2, 0) is 9.59 Å². The first-order chi connectivity index (χ1) is 14.8. The van der Waals surface area contributed by atoms with Crippen molar-refractivity contribution in [3.63, 3.8) is 0 Å². The van der Waals surface area contributed by atoms with E-state index in [2.05, 4.69) is 0 Å². The maximum absolute atomic E-state index is 13.4. The maximum atomic E-state index is 13.4. The van der Waals surface area contributed by atoms with Gasteiger partial charge in [0.2, 0.25) is 0 Å². The Kier molecular flexibility index (Phi) is 5.12. The maximum Gasteiger partial charge on any atom is 0.300 e. The Balaban J connectivity index is 1.95. The summed E-state index contributed by atoms with van der Waals surface area (Å²) in [5, 5.41) is 23.9. The lowest BCUT2D eigenvalue weighted by Crippen LogP contribution is -2.29. The number of aliphatic hydroxyl groups is 1. The van der Waals surface area contributed by atoms with E-state index in [0.29, 0.717) is 10.6 Å². The summed E-state index contributed by atoms with van der Waals surface area (Å²) in [6.07, 6.45) is 0. The molecule has 1 aliphatic heterocycles. The lowest BCUT2D eigenvalue weighted by atomic mass is 9.98. The number of thiophene rings is 1. The first-order valence-corrected chi connectivity index (χ1v) is 10.0. The van der Waals surface area contributed by atoms with Crippen LogP contribution in [0.3, 0.4) is 0 Å². The molecule has 1 aliphatic rings. The quantitative estimate of drug-likeness (QED) is 0.209. The van der Waals surface area contributed by atoms with Crippen LogP contribution < -0.4 is 4.90 Å². The van der Waals surface area contributed by atoms with Gasteiger partial charge in [0.15, 0.2) is 0 Å². The molecule has 1 saturated heterocycles. The van der Waals surface area contributed by atoms with Gasteiger partial charge in [-0.05, 0) is 48.2 Å². The zero-order valence-electron chi connectivity index (χ0n) is 16.1. The molecule has 2 aromatic carbocycles. The molecule has 156 valence electrons. The van der Waals surface area contributed by atoms with Crippen LogP contribution in [0.2, 0.25) is 0 Å². The Morgan fingerprint density at radius 3 is 2.48 bits per heavy atom. The number of nitro groups is 1. The smallest absolute Gasteiger partial charge is 0.300 e. The molecule has 31 heavy (non-hydrogen) atoms. The number of non-ortho nitro benzene ring substituents is 1. The van der Waals surface area contributed by atoms with Gasteiger partial charge in [0.25, 0.3) is 17.4 Å². The highest BCUT2D eigenvalue weighted by Gasteiger charge is 2.48. The number of halogens is 1. The third-order valence-electron chi connectivity index (χ3n) is 5.03. The van der Waals surface area contributed by atoms with E-state index >= 15 is 0 Å². The molecule has 0 radical (unpaired) electrons. The van der Waals surface area contributed by atoms with Crippen molar-refractivity contribution in [3.8, 4) is 0 Å². The number of nitrogens with zero attached hydrogens (tertiary/aromatic N) is 2. The van der Waals surface area contributed by atoms with Crippen molar-refractivity contribution < 1.29 is 24.0 Å². The van der Waals surface area contributed by atoms with E-state index in [-0.39, 0.29) is 16.8 Å². The second-order valence-corrected chi connectivity index (χ2v) is 7.87. The second-order valence-electron chi connectivity index (χ2n) is 6.92. The summed E-state index contributed by atoms with van der Waals surface area (Å²) in [4.78, 5) is 38.3. The van der Waals surface area contributed by atoms with Crippen LogP contribution in [0, 0.1) is 22.9 Å². The molecule has 9 heteroatoms. The van der Waals surface area contributed by atoms with Crippen LogP contribution in [0.15, 0.2) is 65.6 Å². The SMILES string of the molecule is Cc1ccsc1C1/C(=C(/O)c2cccc([N+](=O)[O-])c2)C(=O)C(=O)N1c1ccc(F)cc1. The number of amides is 1. The lowest BCUT2D eigenvalue weighted by molar-refractivity contribution is -0.384. The molecule has 3 aromatic rings. The predicted molar refractivity (Wildman–Crippen MR) is 113 cm³/mol. The van der Waals surface area contributed by atoms with Gasteiger partial charge in [-0.3, -0.25) is 24.6 Å². The van der Waals surface area contributed by atoms with Gasteiger partial charge >= 0.3 is 0 Å². The Morgan fingerprint density at radius 1 is 1.16 bits per heavy atom. The molecule has 7 nitrogen and oxygen atoms in total. The number of hydrogen-bond donors (Lipinski definition) is 1. The van der Waals surface area contributed by atoms with Crippen LogP contribution in [-0.4, -0.2) is 21.7 Å². The first-order valence-electron chi connectivity index (χ1n) is 9.15. The van der Waals surface area contributed by atoms with E-state index < -0.39 is 34.2 Å². The van der Waals surface area contributed by atoms with Gasteiger partial charge in [-0.15, -0.1) is 11.3 Å². The number of rotatable bonds is 4.